The predicted octanol–water partition coefficient (Wildman–Crippen LogP) is 2.68. The quantitative estimate of drug-likeness (QED) is 0.556. The molecule has 1 N–H and O–H groups in total. The van der Waals surface area contributed by atoms with Gasteiger partial charge in [-0.05, 0) is 53.3 Å². The molecule has 0 amide bonds. The lowest BCUT2D eigenvalue weighted by molar-refractivity contribution is 0.220. The Morgan fingerprint density at radius 2 is 1.90 bits per heavy atom. The van der Waals surface area contributed by atoms with E-state index in [1.165, 1.54) is 23.1 Å². The minimum absolute atomic E-state index is 0.142. The first kappa shape index (κ1) is 21.4. The number of likely N-dealkylation sites (N-methyl/N-ethyl adjacent to an activating group) is 1. The summed E-state index contributed by atoms with van der Waals surface area (Å²) >= 11 is 6.40. The van der Waals surface area contributed by atoms with E-state index in [4.69, 9.17) is 11.6 Å². The smallest absolute Gasteiger partial charge is 0.240 e. The number of benzene rings is 2. The Morgan fingerprint density at radius 1 is 1.14 bits per heavy atom. The van der Waals surface area contributed by atoms with Gasteiger partial charge in [-0.15, -0.1) is 5.10 Å². The first-order valence-electron chi connectivity index (χ1n) is 9.27. The van der Waals surface area contributed by atoms with E-state index in [-0.39, 0.29) is 17.5 Å². The van der Waals surface area contributed by atoms with E-state index in [9.17, 15) is 8.42 Å². The SMILES string of the molecule is CCN(CC)C(CNS(=O)(=O)c1cccc(-n2cnnn2)c1)c1ccccc1Cl. The molecular weight excluding hydrogens is 412 g/mol. The first-order valence-corrected chi connectivity index (χ1v) is 11.1. The van der Waals surface area contributed by atoms with Crippen LogP contribution in [0.4, 0.5) is 0 Å². The largest absolute Gasteiger partial charge is 0.296 e. The summed E-state index contributed by atoms with van der Waals surface area (Å²) in [7, 11) is -3.74. The lowest BCUT2D eigenvalue weighted by Gasteiger charge is -2.30. The molecule has 0 spiro atoms. The van der Waals surface area contributed by atoms with Crippen LogP contribution in [0.5, 0.6) is 0 Å². The van der Waals surface area contributed by atoms with Crippen molar-refractivity contribution in [2.24, 2.45) is 0 Å². The summed E-state index contributed by atoms with van der Waals surface area (Å²) < 4.78 is 30.0. The van der Waals surface area contributed by atoms with Crippen LogP contribution in [-0.4, -0.2) is 53.2 Å². The van der Waals surface area contributed by atoms with Gasteiger partial charge in [0.2, 0.25) is 10.0 Å². The second-order valence-electron chi connectivity index (χ2n) is 6.36. The van der Waals surface area contributed by atoms with Crippen molar-refractivity contribution in [1.29, 1.82) is 0 Å². The molecule has 1 aromatic heterocycles. The molecule has 0 saturated carbocycles. The number of sulfonamides is 1. The molecule has 1 atom stereocenters. The molecule has 0 aliphatic rings. The van der Waals surface area contributed by atoms with Crippen molar-refractivity contribution in [2.45, 2.75) is 24.8 Å². The molecule has 29 heavy (non-hydrogen) atoms. The highest BCUT2D eigenvalue weighted by molar-refractivity contribution is 7.89. The Balaban J connectivity index is 1.85. The van der Waals surface area contributed by atoms with Gasteiger partial charge in [0.15, 0.2) is 0 Å². The molecule has 0 radical (unpaired) electrons. The number of halogens is 1. The van der Waals surface area contributed by atoms with Crippen LogP contribution in [0, 0.1) is 0 Å². The topological polar surface area (TPSA) is 93.0 Å². The number of rotatable bonds is 9. The molecule has 0 aliphatic carbocycles. The van der Waals surface area contributed by atoms with Crippen molar-refractivity contribution in [2.75, 3.05) is 19.6 Å². The summed E-state index contributed by atoms with van der Waals surface area (Å²) in [5.74, 6) is 0. The van der Waals surface area contributed by atoms with Gasteiger partial charge in [-0.25, -0.2) is 17.8 Å². The maximum atomic E-state index is 13.0. The number of nitrogens with one attached hydrogen (secondary N) is 1. The summed E-state index contributed by atoms with van der Waals surface area (Å²) in [6.45, 7) is 5.81. The lowest BCUT2D eigenvalue weighted by atomic mass is 10.1. The number of nitrogens with zero attached hydrogens (tertiary/aromatic N) is 5. The van der Waals surface area contributed by atoms with Crippen LogP contribution in [0.15, 0.2) is 59.8 Å². The first-order chi connectivity index (χ1) is 14.0. The molecule has 0 saturated heterocycles. The predicted molar refractivity (Wildman–Crippen MR) is 111 cm³/mol. The highest BCUT2D eigenvalue weighted by atomic mass is 35.5. The normalized spacial score (nSPS) is 13.0. The molecule has 0 aliphatic heterocycles. The highest BCUT2D eigenvalue weighted by Crippen LogP contribution is 2.27. The maximum Gasteiger partial charge on any atom is 0.240 e. The fourth-order valence-corrected chi connectivity index (χ4v) is 4.53. The Kier molecular flexibility index (Phi) is 6.96. The Bertz CT molecular complexity index is 1040. The van der Waals surface area contributed by atoms with Gasteiger partial charge >= 0.3 is 0 Å². The average Bonchev–Trinajstić information content (AvgIpc) is 3.27. The van der Waals surface area contributed by atoms with Crippen LogP contribution in [0.1, 0.15) is 25.5 Å². The van der Waals surface area contributed by atoms with E-state index in [1.54, 1.807) is 12.1 Å². The summed E-state index contributed by atoms with van der Waals surface area (Å²) in [6, 6.07) is 13.8. The number of tetrazole rings is 1. The van der Waals surface area contributed by atoms with Crippen LogP contribution in [-0.2, 0) is 10.0 Å². The minimum atomic E-state index is -3.74. The molecule has 2 aromatic carbocycles. The van der Waals surface area contributed by atoms with Crippen molar-refractivity contribution in [3.05, 3.63) is 65.4 Å². The molecule has 1 heterocycles. The van der Waals surface area contributed by atoms with Crippen LogP contribution < -0.4 is 4.72 Å². The fourth-order valence-electron chi connectivity index (χ4n) is 3.19. The second kappa shape index (κ2) is 9.45. The van der Waals surface area contributed by atoms with E-state index >= 15 is 0 Å². The molecule has 3 rings (SSSR count). The zero-order chi connectivity index (χ0) is 20.9. The van der Waals surface area contributed by atoms with E-state index < -0.39 is 10.0 Å². The summed E-state index contributed by atoms with van der Waals surface area (Å²) in [5, 5.41) is 11.6. The van der Waals surface area contributed by atoms with Gasteiger partial charge < -0.3 is 0 Å². The molecule has 154 valence electrons. The van der Waals surface area contributed by atoms with E-state index in [0.29, 0.717) is 10.7 Å². The van der Waals surface area contributed by atoms with Gasteiger partial charge in [0.1, 0.15) is 6.33 Å². The van der Waals surface area contributed by atoms with Crippen molar-refractivity contribution in [1.82, 2.24) is 29.8 Å². The third-order valence-corrected chi connectivity index (χ3v) is 6.49. The highest BCUT2D eigenvalue weighted by Gasteiger charge is 2.23. The van der Waals surface area contributed by atoms with Gasteiger partial charge in [0.05, 0.1) is 10.6 Å². The third kappa shape index (κ3) is 4.99. The zero-order valence-electron chi connectivity index (χ0n) is 16.2. The van der Waals surface area contributed by atoms with Crippen LogP contribution >= 0.6 is 11.6 Å². The molecule has 1 unspecified atom stereocenters. The van der Waals surface area contributed by atoms with Gasteiger partial charge in [-0.3, -0.25) is 4.90 Å². The lowest BCUT2D eigenvalue weighted by Crippen LogP contribution is -2.38. The van der Waals surface area contributed by atoms with Crippen molar-refractivity contribution < 1.29 is 8.42 Å². The van der Waals surface area contributed by atoms with E-state index in [1.807, 2.05) is 38.1 Å². The Hall–Kier alpha value is -2.33. The van der Waals surface area contributed by atoms with E-state index in [0.717, 1.165) is 18.7 Å². The maximum absolute atomic E-state index is 13.0. The van der Waals surface area contributed by atoms with Crippen molar-refractivity contribution in [3.8, 4) is 5.69 Å². The number of hydrogen-bond acceptors (Lipinski definition) is 6. The van der Waals surface area contributed by atoms with E-state index in [2.05, 4.69) is 25.1 Å². The summed E-state index contributed by atoms with van der Waals surface area (Å²) in [6.07, 6.45) is 1.41. The Labute approximate surface area is 175 Å². The molecule has 8 nitrogen and oxygen atoms in total. The minimum Gasteiger partial charge on any atom is -0.296 e. The number of hydrogen-bond donors (Lipinski definition) is 1. The van der Waals surface area contributed by atoms with Gasteiger partial charge in [0.25, 0.3) is 0 Å². The van der Waals surface area contributed by atoms with Crippen molar-refractivity contribution in [3.63, 3.8) is 0 Å². The van der Waals surface area contributed by atoms with Gasteiger partial charge in [-0.1, -0.05) is 49.7 Å². The molecular formula is C19H23ClN6O2S. The summed E-state index contributed by atoms with van der Waals surface area (Å²) in [5.41, 5.74) is 1.45. The molecule has 3 aromatic rings. The fraction of sp³-hybridized carbons (Fsp3) is 0.316. The zero-order valence-corrected chi connectivity index (χ0v) is 17.8. The average molecular weight is 435 g/mol. The monoisotopic (exact) mass is 434 g/mol. The molecule has 0 fully saturated rings. The standard InChI is InChI=1S/C19H23ClN6O2S/c1-3-25(4-2)19(17-10-5-6-11-18(17)20)13-22-29(27,28)16-9-7-8-15(12-16)26-14-21-23-24-26/h5-12,14,19,22H,3-4,13H2,1-2H3. The van der Waals surface area contributed by atoms with Crippen LogP contribution in [0.3, 0.4) is 0 Å². The molecule has 10 heteroatoms. The second-order valence-corrected chi connectivity index (χ2v) is 8.54. The van der Waals surface area contributed by atoms with Crippen molar-refractivity contribution >= 4 is 21.6 Å². The molecule has 0 bridgehead atoms. The Morgan fingerprint density at radius 3 is 2.55 bits per heavy atom. The third-order valence-electron chi connectivity index (χ3n) is 4.73. The van der Waals surface area contributed by atoms with Crippen LogP contribution in [0.25, 0.3) is 5.69 Å². The van der Waals surface area contributed by atoms with Crippen LogP contribution in [0.2, 0.25) is 5.02 Å². The summed E-state index contributed by atoms with van der Waals surface area (Å²) in [4.78, 5) is 2.31. The van der Waals surface area contributed by atoms with Gasteiger partial charge in [0, 0.05) is 17.6 Å². The van der Waals surface area contributed by atoms with Gasteiger partial charge in [-0.2, -0.15) is 0 Å². The number of aromatic nitrogens is 4.